The lowest BCUT2D eigenvalue weighted by molar-refractivity contribution is 0.101. The number of pyridine rings is 1. The molecule has 2 aromatic rings. The first-order valence-corrected chi connectivity index (χ1v) is 8.76. The van der Waals surface area contributed by atoms with Crippen LogP contribution in [0.3, 0.4) is 0 Å². The van der Waals surface area contributed by atoms with Gasteiger partial charge in [0.25, 0.3) is 5.91 Å². The first kappa shape index (κ1) is 17.1. The molecule has 0 aliphatic carbocycles. The van der Waals surface area contributed by atoms with Gasteiger partial charge in [-0.1, -0.05) is 25.0 Å². The zero-order valence-electron chi connectivity index (χ0n) is 14.5. The number of hydrogen-bond donors (Lipinski definition) is 1. The van der Waals surface area contributed by atoms with E-state index in [4.69, 9.17) is 0 Å². The van der Waals surface area contributed by atoms with E-state index in [-0.39, 0.29) is 11.7 Å². The monoisotopic (exact) mass is 337 g/mol. The van der Waals surface area contributed by atoms with Gasteiger partial charge in [-0.05, 0) is 38.0 Å². The molecule has 0 bridgehead atoms. The van der Waals surface area contributed by atoms with Crippen LogP contribution in [0.25, 0.3) is 0 Å². The number of Topliss-reactive ketones (excluding diaryl/α,β-unsaturated/α-hetero) is 1. The van der Waals surface area contributed by atoms with E-state index in [2.05, 4.69) is 15.2 Å². The number of anilines is 2. The average Bonchev–Trinajstić information content (AvgIpc) is 2.91. The highest BCUT2D eigenvalue weighted by molar-refractivity contribution is 6.05. The van der Waals surface area contributed by atoms with E-state index in [1.807, 2.05) is 12.3 Å². The first-order valence-electron chi connectivity index (χ1n) is 8.76. The summed E-state index contributed by atoms with van der Waals surface area (Å²) in [5.41, 5.74) is 2.70. The topological polar surface area (TPSA) is 62.3 Å². The summed E-state index contributed by atoms with van der Waals surface area (Å²) < 4.78 is 0. The summed E-state index contributed by atoms with van der Waals surface area (Å²) in [6.45, 7) is 3.52. The third kappa shape index (κ3) is 4.44. The Morgan fingerprint density at radius 1 is 1.00 bits per heavy atom. The van der Waals surface area contributed by atoms with E-state index in [0.29, 0.717) is 16.8 Å². The second kappa shape index (κ2) is 7.92. The molecule has 5 nitrogen and oxygen atoms in total. The molecule has 130 valence electrons. The van der Waals surface area contributed by atoms with Crippen molar-refractivity contribution in [3.63, 3.8) is 0 Å². The molecule has 0 radical (unpaired) electrons. The highest BCUT2D eigenvalue weighted by atomic mass is 16.1. The average molecular weight is 337 g/mol. The number of benzene rings is 1. The molecule has 1 saturated heterocycles. The maximum absolute atomic E-state index is 12.5. The number of nitrogens with one attached hydrogen (secondary N) is 1. The van der Waals surface area contributed by atoms with Gasteiger partial charge in [-0.25, -0.2) is 0 Å². The lowest BCUT2D eigenvalue weighted by Gasteiger charge is -2.22. The van der Waals surface area contributed by atoms with Gasteiger partial charge in [-0.15, -0.1) is 0 Å². The van der Waals surface area contributed by atoms with Crippen molar-refractivity contribution >= 4 is 23.1 Å². The van der Waals surface area contributed by atoms with Crippen LogP contribution in [0.4, 0.5) is 11.4 Å². The molecule has 1 aromatic heterocycles. The quantitative estimate of drug-likeness (QED) is 0.859. The van der Waals surface area contributed by atoms with Crippen LogP contribution in [0.1, 0.15) is 53.3 Å². The lowest BCUT2D eigenvalue weighted by atomic mass is 10.1. The highest BCUT2D eigenvalue weighted by Crippen LogP contribution is 2.20. The van der Waals surface area contributed by atoms with Crippen molar-refractivity contribution in [3.8, 4) is 0 Å². The maximum atomic E-state index is 12.5. The van der Waals surface area contributed by atoms with Crippen LogP contribution in [-0.2, 0) is 0 Å². The Bertz CT molecular complexity index is 765. The van der Waals surface area contributed by atoms with E-state index in [1.54, 1.807) is 30.5 Å². The summed E-state index contributed by atoms with van der Waals surface area (Å²) in [4.78, 5) is 30.6. The Morgan fingerprint density at radius 3 is 2.48 bits per heavy atom. The number of carbonyl (C=O) groups excluding carboxylic acids is 2. The minimum atomic E-state index is -0.218. The minimum absolute atomic E-state index is 0.0269. The minimum Gasteiger partial charge on any atom is -0.370 e. The van der Waals surface area contributed by atoms with Crippen molar-refractivity contribution in [2.45, 2.75) is 32.6 Å². The van der Waals surface area contributed by atoms with Crippen molar-refractivity contribution in [3.05, 3.63) is 53.9 Å². The molecule has 0 atom stereocenters. The van der Waals surface area contributed by atoms with Crippen molar-refractivity contribution < 1.29 is 9.59 Å². The van der Waals surface area contributed by atoms with Gasteiger partial charge in [0.2, 0.25) is 0 Å². The molecule has 5 heteroatoms. The van der Waals surface area contributed by atoms with Crippen molar-refractivity contribution in [2.24, 2.45) is 0 Å². The largest absolute Gasteiger partial charge is 0.370 e. The molecule has 0 unspecified atom stereocenters. The number of nitrogens with zero attached hydrogens (tertiary/aromatic N) is 2. The number of carbonyl (C=O) groups is 2. The molecule has 1 amide bonds. The standard InChI is InChI=1S/C20H23N3O2/c1-15(24)16-7-6-8-18(11-16)22-20(25)17-12-19(14-21-13-17)23-9-4-2-3-5-10-23/h6-8,11-14H,2-5,9-10H2,1H3,(H,22,25). The molecule has 1 aromatic carbocycles. The van der Waals surface area contributed by atoms with Gasteiger partial charge in [-0.2, -0.15) is 0 Å². The summed E-state index contributed by atoms with van der Waals surface area (Å²) in [5, 5.41) is 2.85. The molecule has 0 spiro atoms. The number of hydrogen-bond acceptors (Lipinski definition) is 4. The van der Waals surface area contributed by atoms with Gasteiger partial charge in [0, 0.05) is 30.5 Å². The van der Waals surface area contributed by atoms with E-state index in [1.165, 1.54) is 32.6 Å². The van der Waals surface area contributed by atoms with Gasteiger partial charge in [0.05, 0.1) is 17.4 Å². The molecule has 2 heterocycles. The molecule has 25 heavy (non-hydrogen) atoms. The van der Waals surface area contributed by atoms with E-state index >= 15 is 0 Å². The lowest BCUT2D eigenvalue weighted by Crippen LogP contribution is -2.24. The van der Waals surface area contributed by atoms with Crippen LogP contribution in [0.2, 0.25) is 0 Å². The first-order chi connectivity index (χ1) is 12.1. The van der Waals surface area contributed by atoms with Crippen molar-refractivity contribution in [1.29, 1.82) is 0 Å². The van der Waals surface area contributed by atoms with Gasteiger partial charge >= 0.3 is 0 Å². The second-order valence-electron chi connectivity index (χ2n) is 6.42. The Kier molecular flexibility index (Phi) is 5.43. The molecule has 3 rings (SSSR count). The predicted molar refractivity (Wildman–Crippen MR) is 99.3 cm³/mol. The Balaban J connectivity index is 1.75. The van der Waals surface area contributed by atoms with E-state index in [0.717, 1.165) is 18.8 Å². The second-order valence-corrected chi connectivity index (χ2v) is 6.42. The number of rotatable bonds is 4. The fourth-order valence-corrected chi connectivity index (χ4v) is 3.07. The maximum Gasteiger partial charge on any atom is 0.257 e. The molecule has 0 saturated carbocycles. The zero-order valence-corrected chi connectivity index (χ0v) is 14.5. The van der Waals surface area contributed by atoms with Crippen LogP contribution in [0, 0.1) is 0 Å². The summed E-state index contributed by atoms with van der Waals surface area (Å²) in [5.74, 6) is -0.245. The van der Waals surface area contributed by atoms with Gasteiger partial charge in [0.1, 0.15) is 0 Å². The number of ketones is 1. The summed E-state index contributed by atoms with van der Waals surface area (Å²) in [7, 11) is 0. The van der Waals surface area contributed by atoms with E-state index in [9.17, 15) is 9.59 Å². The highest BCUT2D eigenvalue weighted by Gasteiger charge is 2.13. The fraction of sp³-hybridized carbons (Fsp3) is 0.350. The summed E-state index contributed by atoms with van der Waals surface area (Å²) in [6, 6.07) is 8.85. The van der Waals surface area contributed by atoms with Gasteiger partial charge in [-0.3, -0.25) is 14.6 Å². The molecular formula is C20H23N3O2. The smallest absolute Gasteiger partial charge is 0.257 e. The molecular weight excluding hydrogens is 314 g/mol. The summed E-state index contributed by atoms with van der Waals surface area (Å²) in [6.07, 6.45) is 8.26. The molecule has 1 aliphatic heterocycles. The van der Waals surface area contributed by atoms with Crippen LogP contribution < -0.4 is 10.2 Å². The third-order valence-corrected chi connectivity index (χ3v) is 4.48. The fourth-order valence-electron chi connectivity index (χ4n) is 3.07. The zero-order chi connectivity index (χ0) is 17.6. The number of aromatic nitrogens is 1. The Hall–Kier alpha value is -2.69. The van der Waals surface area contributed by atoms with Crippen molar-refractivity contribution in [2.75, 3.05) is 23.3 Å². The van der Waals surface area contributed by atoms with Crippen LogP contribution in [-0.4, -0.2) is 29.8 Å². The molecule has 1 fully saturated rings. The normalized spacial score (nSPS) is 14.7. The third-order valence-electron chi connectivity index (χ3n) is 4.48. The van der Waals surface area contributed by atoms with Crippen LogP contribution in [0.5, 0.6) is 0 Å². The van der Waals surface area contributed by atoms with Gasteiger partial charge < -0.3 is 10.2 Å². The van der Waals surface area contributed by atoms with Gasteiger partial charge in [0.15, 0.2) is 5.78 Å². The van der Waals surface area contributed by atoms with E-state index < -0.39 is 0 Å². The molecule has 1 aliphatic rings. The Morgan fingerprint density at radius 2 is 1.76 bits per heavy atom. The Labute approximate surface area is 148 Å². The SMILES string of the molecule is CC(=O)c1cccc(NC(=O)c2cncc(N3CCCCCC3)c2)c1. The number of amides is 1. The molecule has 1 N–H and O–H groups in total. The van der Waals surface area contributed by atoms with Crippen LogP contribution >= 0.6 is 0 Å². The van der Waals surface area contributed by atoms with Crippen molar-refractivity contribution in [1.82, 2.24) is 4.98 Å². The predicted octanol–water partition coefficient (Wildman–Crippen LogP) is 3.92. The summed E-state index contributed by atoms with van der Waals surface area (Å²) >= 11 is 0. The van der Waals surface area contributed by atoms with Crippen LogP contribution in [0.15, 0.2) is 42.7 Å².